The quantitative estimate of drug-likeness (QED) is 0.916. The van der Waals surface area contributed by atoms with Crippen LogP contribution in [0.4, 0.5) is 10.5 Å². The average Bonchev–Trinajstić information content (AvgIpc) is 2.63. The largest absolute Gasteiger partial charge is 0.497 e. The van der Waals surface area contributed by atoms with Crippen molar-refractivity contribution in [2.24, 2.45) is 5.92 Å². The van der Waals surface area contributed by atoms with Gasteiger partial charge in [-0.25, -0.2) is 4.79 Å². The van der Waals surface area contributed by atoms with Crippen molar-refractivity contribution in [2.45, 2.75) is 19.3 Å². The van der Waals surface area contributed by atoms with Crippen molar-refractivity contribution in [1.82, 2.24) is 4.90 Å². The zero-order valence-electron chi connectivity index (χ0n) is 14.1. The molecule has 2 aromatic carbocycles. The summed E-state index contributed by atoms with van der Waals surface area (Å²) in [4.78, 5) is 14.3. The first-order valence-electron chi connectivity index (χ1n) is 8.48. The van der Waals surface area contributed by atoms with Crippen molar-refractivity contribution < 1.29 is 9.53 Å². The van der Waals surface area contributed by atoms with Crippen LogP contribution in [0.5, 0.6) is 5.75 Å². The Morgan fingerprint density at radius 3 is 2.58 bits per heavy atom. The standard InChI is InChI=1S/C20H24N2O2/c1-24-19-9-5-8-18(15-19)21-20(23)22-12-10-17(11-13-22)14-16-6-3-2-4-7-16/h2-9,15,17H,10-14H2,1H3,(H,21,23). The molecular weight excluding hydrogens is 300 g/mol. The topological polar surface area (TPSA) is 41.6 Å². The van der Waals surface area contributed by atoms with E-state index in [-0.39, 0.29) is 6.03 Å². The van der Waals surface area contributed by atoms with Gasteiger partial charge >= 0.3 is 6.03 Å². The minimum Gasteiger partial charge on any atom is -0.497 e. The Kier molecular flexibility index (Phi) is 5.36. The van der Waals surface area contributed by atoms with Gasteiger partial charge in [-0.2, -0.15) is 0 Å². The van der Waals surface area contributed by atoms with Crippen LogP contribution in [0.3, 0.4) is 0 Å². The second-order valence-corrected chi connectivity index (χ2v) is 6.28. The Hall–Kier alpha value is -2.49. The van der Waals surface area contributed by atoms with Gasteiger partial charge in [0.1, 0.15) is 5.75 Å². The molecule has 0 aromatic heterocycles. The lowest BCUT2D eigenvalue weighted by atomic mass is 9.90. The summed E-state index contributed by atoms with van der Waals surface area (Å²) in [6, 6.07) is 18.0. The smallest absolute Gasteiger partial charge is 0.321 e. The summed E-state index contributed by atoms with van der Waals surface area (Å²) < 4.78 is 5.19. The van der Waals surface area contributed by atoms with E-state index in [1.165, 1.54) is 5.56 Å². The number of ether oxygens (including phenoxy) is 1. The Morgan fingerprint density at radius 2 is 1.88 bits per heavy atom. The maximum absolute atomic E-state index is 12.4. The number of anilines is 1. The molecular formula is C20H24N2O2. The number of nitrogens with one attached hydrogen (secondary N) is 1. The van der Waals surface area contributed by atoms with E-state index in [2.05, 4.69) is 35.6 Å². The molecule has 24 heavy (non-hydrogen) atoms. The fourth-order valence-electron chi connectivity index (χ4n) is 3.19. The van der Waals surface area contributed by atoms with Crippen LogP contribution >= 0.6 is 0 Å². The highest BCUT2D eigenvalue weighted by Gasteiger charge is 2.23. The molecule has 0 aliphatic carbocycles. The van der Waals surface area contributed by atoms with Crippen molar-refractivity contribution in [2.75, 3.05) is 25.5 Å². The number of rotatable bonds is 4. The SMILES string of the molecule is COc1cccc(NC(=O)N2CCC(Cc3ccccc3)CC2)c1. The van der Waals surface area contributed by atoms with Crippen molar-refractivity contribution in [1.29, 1.82) is 0 Å². The van der Waals surface area contributed by atoms with Crippen molar-refractivity contribution in [3.63, 3.8) is 0 Å². The van der Waals surface area contributed by atoms with Gasteiger partial charge < -0.3 is 15.0 Å². The van der Waals surface area contributed by atoms with E-state index in [1.807, 2.05) is 29.2 Å². The number of hydrogen-bond donors (Lipinski definition) is 1. The highest BCUT2D eigenvalue weighted by Crippen LogP contribution is 2.23. The minimum atomic E-state index is -0.0265. The van der Waals surface area contributed by atoms with Crippen LogP contribution in [0.25, 0.3) is 0 Å². The maximum Gasteiger partial charge on any atom is 0.321 e. The molecule has 0 unspecified atom stereocenters. The van der Waals surface area contributed by atoms with E-state index in [1.54, 1.807) is 7.11 Å². The fourth-order valence-corrected chi connectivity index (χ4v) is 3.19. The van der Waals surface area contributed by atoms with Crippen LogP contribution < -0.4 is 10.1 Å². The lowest BCUT2D eigenvalue weighted by molar-refractivity contribution is 0.182. The molecule has 0 radical (unpaired) electrons. The molecule has 1 saturated heterocycles. The predicted molar refractivity (Wildman–Crippen MR) is 96.5 cm³/mol. The van der Waals surface area contributed by atoms with Gasteiger partial charge in [0.05, 0.1) is 7.11 Å². The van der Waals surface area contributed by atoms with Gasteiger partial charge in [-0.1, -0.05) is 36.4 Å². The summed E-state index contributed by atoms with van der Waals surface area (Å²) in [5.74, 6) is 1.41. The highest BCUT2D eigenvalue weighted by atomic mass is 16.5. The zero-order valence-corrected chi connectivity index (χ0v) is 14.1. The third-order valence-corrected chi connectivity index (χ3v) is 4.59. The van der Waals surface area contributed by atoms with Gasteiger partial charge in [-0.15, -0.1) is 0 Å². The number of benzene rings is 2. The Balaban J connectivity index is 1.49. The Bertz CT molecular complexity index is 664. The van der Waals surface area contributed by atoms with E-state index in [0.29, 0.717) is 5.92 Å². The van der Waals surface area contributed by atoms with Gasteiger partial charge in [-0.05, 0) is 42.9 Å². The first kappa shape index (κ1) is 16.4. The summed E-state index contributed by atoms with van der Waals surface area (Å²) in [7, 11) is 1.62. The number of carbonyl (C=O) groups is 1. The number of carbonyl (C=O) groups excluding carboxylic acids is 1. The molecule has 4 heteroatoms. The molecule has 1 fully saturated rings. The van der Waals surface area contributed by atoms with Crippen LogP contribution in [0.1, 0.15) is 18.4 Å². The summed E-state index contributed by atoms with van der Waals surface area (Å²) in [6.07, 6.45) is 3.22. The van der Waals surface area contributed by atoms with Gasteiger partial charge in [0, 0.05) is 24.8 Å². The molecule has 1 aliphatic heterocycles. The number of methoxy groups -OCH3 is 1. The molecule has 0 atom stereocenters. The molecule has 0 bridgehead atoms. The van der Waals surface area contributed by atoms with Crippen LogP contribution in [-0.4, -0.2) is 31.1 Å². The van der Waals surface area contributed by atoms with Crippen LogP contribution in [-0.2, 0) is 6.42 Å². The van der Waals surface area contributed by atoms with Crippen LogP contribution in [0.2, 0.25) is 0 Å². The number of amides is 2. The third-order valence-electron chi connectivity index (χ3n) is 4.59. The molecule has 1 N–H and O–H groups in total. The van der Waals surface area contributed by atoms with E-state index < -0.39 is 0 Å². The average molecular weight is 324 g/mol. The molecule has 1 heterocycles. The first-order chi connectivity index (χ1) is 11.7. The minimum absolute atomic E-state index is 0.0265. The number of likely N-dealkylation sites (tertiary alicyclic amines) is 1. The third kappa shape index (κ3) is 4.28. The second kappa shape index (κ2) is 7.86. The number of piperidine rings is 1. The van der Waals surface area contributed by atoms with E-state index >= 15 is 0 Å². The van der Waals surface area contributed by atoms with Crippen molar-refractivity contribution >= 4 is 11.7 Å². The molecule has 126 valence electrons. The van der Waals surface area contributed by atoms with Gasteiger partial charge in [0.25, 0.3) is 0 Å². The number of hydrogen-bond acceptors (Lipinski definition) is 2. The zero-order chi connectivity index (χ0) is 16.8. The molecule has 1 aliphatic rings. The summed E-state index contributed by atoms with van der Waals surface area (Å²) in [6.45, 7) is 1.63. The van der Waals surface area contributed by atoms with E-state index in [9.17, 15) is 4.79 Å². The summed E-state index contributed by atoms with van der Waals surface area (Å²) >= 11 is 0. The highest BCUT2D eigenvalue weighted by molar-refractivity contribution is 5.89. The Labute approximate surface area is 143 Å². The monoisotopic (exact) mass is 324 g/mol. The van der Waals surface area contributed by atoms with Crippen molar-refractivity contribution in [3.05, 3.63) is 60.2 Å². The molecule has 4 nitrogen and oxygen atoms in total. The molecule has 0 saturated carbocycles. The van der Waals surface area contributed by atoms with Crippen LogP contribution in [0, 0.1) is 5.92 Å². The predicted octanol–water partition coefficient (Wildman–Crippen LogP) is 4.18. The first-order valence-corrected chi connectivity index (χ1v) is 8.48. The van der Waals surface area contributed by atoms with E-state index in [4.69, 9.17) is 4.74 Å². The van der Waals surface area contributed by atoms with Gasteiger partial charge in [0.2, 0.25) is 0 Å². The Morgan fingerprint density at radius 1 is 1.12 bits per heavy atom. The van der Waals surface area contributed by atoms with Gasteiger partial charge in [0.15, 0.2) is 0 Å². The lowest BCUT2D eigenvalue weighted by Gasteiger charge is -2.32. The molecule has 2 aromatic rings. The molecule has 0 spiro atoms. The number of urea groups is 1. The lowest BCUT2D eigenvalue weighted by Crippen LogP contribution is -2.41. The molecule has 2 amide bonds. The molecule has 3 rings (SSSR count). The summed E-state index contributed by atoms with van der Waals surface area (Å²) in [5.41, 5.74) is 2.16. The normalized spacial score (nSPS) is 15.1. The fraction of sp³-hybridized carbons (Fsp3) is 0.350. The number of nitrogens with zero attached hydrogens (tertiary/aromatic N) is 1. The maximum atomic E-state index is 12.4. The van der Waals surface area contributed by atoms with E-state index in [0.717, 1.165) is 43.8 Å². The van der Waals surface area contributed by atoms with Crippen molar-refractivity contribution in [3.8, 4) is 5.75 Å². The van der Waals surface area contributed by atoms with Crippen LogP contribution in [0.15, 0.2) is 54.6 Å². The summed E-state index contributed by atoms with van der Waals surface area (Å²) in [5, 5.41) is 2.96. The second-order valence-electron chi connectivity index (χ2n) is 6.28. The van der Waals surface area contributed by atoms with Gasteiger partial charge in [-0.3, -0.25) is 0 Å².